The second-order valence-electron chi connectivity index (χ2n) is 10.5. The van der Waals surface area contributed by atoms with Crippen molar-refractivity contribution in [3.05, 3.63) is 47.7 Å². The molecule has 2 aromatic heterocycles. The fraction of sp³-hybridized carbons (Fsp3) is 0.538. The zero-order valence-electron chi connectivity index (χ0n) is 20.5. The first-order chi connectivity index (χ1) is 16.1. The highest BCUT2D eigenvalue weighted by molar-refractivity contribution is 6.30. The molecule has 1 aliphatic carbocycles. The van der Waals surface area contributed by atoms with Gasteiger partial charge in [0.15, 0.2) is 11.6 Å². The number of ether oxygens (including phenoxy) is 1. The molecule has 0 aromatic carbocycles. The van der Waals surface area contributed by atoms with E-state index in [1.807, 2.05) is 19.2 Å². The van der Waals surface area contributed by atoms with Gasteiger partial charge in [0, 0.05) is 41.8 Å². The maximum absolute atomic E-state index is 13.9. The van der Waals surface area contributed by atoms with Gasteiger partial charge in [-0.15, -0.1) is 0 Å². The minimum Gasteiger partial charge on any atom is -0.486 e. The largest absolute Gasteiger partial charge is 0.486 e. The molecule has 1 unspecified atom stereocenters. The molecule has 2 aromatic rings. The minimum atomic E-state index is -0.457. The third-order valence-corrected chi connectivity index (χ3v) is 7.46. The van der Waals surface area contributed by atoms with Crippen LogP contribution in [0.4, 0.5) is 10.2 Å². The Balaban J connectivity index is 1.45. The maximum Gasteiger partial charge on any atom is 0.166 e. The van der Waals surface area contributed by atoms with Crippen LogP contribution in [0.2, 0.25) is 0 Å². The van der Waals surface area contributed by atoms with E-state index in [0.717, 1.165) is 27.4 Å². The van der Waals surface area contributed by atoms with E-state index in [4.69, 9.17) is 27.2 Å². The highest BCUT2D eigenvalue weighted by atomic mass is 35.5. The quantitative estimate of drug-likeness (QED) is 0.399. The molecule has 0 bridgehead atoms. The standard InChI is InChI=1S/C26H36ClFN5O/c1-5-6-24(28)23(27)9-17(2)34-25-11-19(12-30-26(25)29)21-13-31-32(14-21)22-8-7-18-15-33(3,4)16-20(18)10-22/h5-6,11-14,17-18,20,22H,7-10,15-16H2,1-4H3,(H2,29,30)/q+1/b6-5-,24-23-/t17-,18?,20+,22-/m1/s1. The molecule has 0 spiro atoms. The van der Waals surface area contributed by atoms with E-state index in [1.165, 1.54) is 38.4 Å². The fourth-order valence-corrected chi connectivity index (χ4v) is 5.87. The summed E-state index contributed by atoms with van der Waals surface area (Å²) >= 11 is 6.08. The first-order valence-corrected chi connectivity index (χ1v) is 12.5. The zero-order chi connectivity index (χ0) is 24.5. The highest BCUT2D eigenvalue weighted by Crippen LogP contribution is 2.42. The van der Waals surface area contributed by atoms with Crippen LogP contribution in [0, 0.1) is 11.8 Å². The van der Waals surface area contributed by atoms with Crippen molar-refractivity contribution in [2.75, 3.05) is 32.9 Å². The lowest BCUT2D eigenvalue weighted by molar-refractivity contribution is -0.880. The van der Waals surface area contributed by atoms with E-state index in [2.05, 4.69) is 30.0 Å². The molecule has 1 saturated carbocycles. The monoisotopic (exact) mass is 488 g/mol. The Kier molecular flexibility index (Phi) is 7.33. The van der Waals surface area contributed by atoms with E-state index < -0.39 is 5.83 Å². The number of fused-ring (bicyclic) bond motifs is 1. The number of nitrogen functional groups attached to an aromatic ring is 1. The number of anilines is 1. The Bertz CT molecular complexity index is 1080. The molecule has 1 aliphatic heterocycles. The summed E-state index contributed by atoms with van der Waals surface area (Å²) in [6.07, 6.45) is 12.2. The van der Waals surface area contributed by atoms with E-state index in [-0.39, 0.29) is 23.4 Å². The highest BCUT2D eigenvalue weighted by Gasteiger charge is 2.43. The van der Waals surface area contributed by atoms with Crippen LogP contribution in [0.5, 0.6) is 5.75 Å². The van der Waals surface area contributed by atoms with Gasteiger partial charge in [0.05, 0.1) is 44.5 Å². The van der Waals surface area contributed by atoms with E-state index in [0.29, 0.717) is 11.8 Å². The third-order valence-electron chi connectivity index (χ3n) is 7.13. The van der Waals surface area contributed by atoms with Gasteiger partial charge in [0.2, 0.25) is 0 Å². The number of allylic oxidation sites excluding steroid dienone is 3. The molecule has 1 saturated heterocycles. The lowest BCUT2D eigenvalue weighted by Gasteiger charge is -2.29. The van der Waals surface area contributed by atoms with Gasteiger partial charge in [0.25, 0.3) is 0 Å². The van der Waals surface area contributed by atoms with Crippen molar-refractivity contribution in [1.29, 1.82) is 0 Å². The summed E-state index contributed by atoms with van der Waals surface area (Å²) in [5.41, 5.74) is 7.92. The molecule has 4 atom stereocenters. The Labute approximate surface area is 206 Å². The average Bonchev–Trinajstić information content (AvgIpc) is 3.38. The molecule has 0 radical (unpaired) electrons. The molecular formula is C26H36ClFN5O+. The number of likely N-dealkylation sites (tertiary alicyclic amines) is 1. The SMILES string of the molecule is C/C=C\C(F)=C(\Cl)C[C@@H](C)Oc1cc(-c2cnn([C@@H]3CCC4C[N+](C)(C)C[C@@H]4C3)c2)cnc1N. The first-order valence-electron chi connectivity index (χ1n) is 12.1. The van der Waals surface area contributed by atoms with E-state index in [9.17, 15) is 4.39 Å². The second kappa shape index (κ2) is 10.1. The number of pyridine rings is 1. The number of hydrogen-bond acceptors (Lipinski definition) is 4. The summed E-state index contributed by atoms with van der Waals surface area (Å²) < 4.78 is 23.1. The number of quaternary nitrogens is 1. The van der Waals surface area contributed by atoms with E-state index >= 15 is 0 Å². The molecule has 2 N–H and O–H groups in total. The molecule has 2 aliphatic rings. The molecule has 2 fully saturated rings. The summed E-state index contributed by atoms with van der Waals surface area (Å²) in [4.78, 5) is 4.32. The maximum atomic E-state index is 13.9. The second-order valence-corrected chi connectivity index (χ2v) is 10.9. The summed E-state index contributed by atoms with van der Waals surface area (Å²) in [5.74, 6) is 1.91. The van der Waals surface area contributed by atoms with Crippen LogP contribution in [-0.4, -0.2) is 52.5 Å². The van der Waals surface area contributed by atoms with Crippen molar-refractivity contribution in [2.45, 2.75) is 51.7 Å². The number of hydrogen-bond donors (Lipinski definition) is 1. The number of aromatic nitrogens is 3. The fourth-order valence-electron chi connectivity index (χ4n) is 5.59. The smallest absolute Gasteiger partial charge is 0.166 e. The van der Waals surface area contributed by atoms with Gasteiger partial charge < -0.3 is 15.0 Å². The predicted molar refractivity (Wildman–Crippen MR) is 135 cm³/mol. The topological polar surface area (TPSA) is 66.0 Å². The number of nitrogens with zero attached hydrogens (tertiary/aromatic N) is 4. The lowest BCUT2D eigenvalue weighted by Crippen LogP contribution is -2.36. The van der Waals surface area contributed by atoms with Crippen molar-refractivity contribution in [2.24, 2.45) is 11.8 Å². The van der Waals surface area contributed by atoms with Gasteiger partial charge >= 0.3 is 0 Å². The van der Waals surface area contributed by atoms with Crippen molar-refractivity contribution in [3.8, 4) is 16.9 Å². The summed E-state index contributed by atoms with van der Waals surface area (Å²) in [6, 6.07) is 2.31. The Morgan fingerprint density at radius 1 is 1.29 bits per heavy atom. The summed E-state index contributed by atoms with van der Waals surface area (Å²) in [5, 5.41) is 4.82. The van der Waals surface area contributed by atoms with Crippen molar-refractivity contribution < 1.29 is 13.6 Å². The normalized spacial score (nSPS) is 25.8. The van der Waals surface area contributed by atoms with Crippen LogP contribution < -0.4 is 10.5 Å². The number of halogens is 2. The summed E-state index contributed by atoms with van der Waals surface area (Å²) in [7, 11) is 4.69. The van der Waals surface area contributed by atoms with Gasteiger partial charge in [-0.2, -0.15) is 5.10 Å². The van der Waals surface area contributed by atoms with Gasteiger partial charge in [-0.1, -0.05) is 17.7 Å². The zero-order valence-corrected chi connectivity index (χ0v) is 21.3. The van der Waals surface area contributed by atoms with Gasteiger partial charge in [0.1, 0.15) is 11.9 Å². The molecule has 8 heteroatoms. The molecule has 184 valence electrons. The van der Waals surface area contributed by atoms with Crippen molar-refractivity contribution in [1.82, 2.24) is 14.8 Å². The Morgan fingerprint density at radius 3 is 2.82 bits per heavy atom. The average molecular weight is 489 g/mol. The van der Waals surface area contributed by atoms with Crippen LogP contribution in [0.25, 0.3) is 11.1 Å². The minimum absolute atomic E-state index is 0.119. The van der Waals surface area contributed by atoms with Crippen LogP contribution in [0.15, 0.2) is 47.7 Å². The summed E-state index contributed by atoms with van der Waals surface area (Å²) in [6.45, 7) is 6.12. The predicted octanol–water partition coefficient (Wildman–Crippen LogP) is 5.73. The molecule has 34 heavy (non-hydrogen) atoms. The van der Waals surface area contributed by atoms with Gasteiger partial charge in [-0.05, 0) is 45.3 Å². The first kappa shape index (κ1) is 24.7. The number of rotatable bonds is 7. The third kappa shape index (κ3) is 5.63. The Morgan fingerprint density at radius 2 is 2.06 bits per heavy atom. The molecule has 6 nitrogen and oxygen atoms in total. The van der Waals surface area contributed by atoms with Crippen LogP contribution in [0.3, 0.4) is 0 Å². The molecule has 3 heterocycles. The van der Waals surface area contributed by atoms with Gasteiger partial charge in [-0.25, -0.2) is 9.37 Å². The van der Waals surface area contributed by atoms with Crippen LogP contribution in [0.1, 0.15) is 45.6 Å². The lowest BCUT2D eigenvalue weighted by atomic mass is 9.79. The Hall–Kier alpha value is -2.38. The van der Waals surface area contributed by atoms with Crippen molar-refractivity contribution >= 4 is 17.4 Å². The molecular weight excluding hydrogens is 453 g/mol. The van der Waals surface area contributed by atoms with Crippen LogP contribution in [-0.2, 0) is 0 Å². The molecule has 4 rings (SSSR count). The van der Waals surface area contributed by atoms with Crippen molar-refractivity contribution in [3.63, 3.8) is 0 Å². The van der Waals surface area contributed by atoms with E-state index in [1.54, 1.807) is 19.2 Å². The number of nitrogens with two attached hydrogens (primary N) is 1. The molecule has 0 amide bonds. The van der Waals surface area contributed by atoms with Crippen LogP contribution >= 0.6 is 11.6 Å². The van der Waals surface area contributed by atoms with Gasteiger partial charge in [-0.3, -0.25) is 4.68 Å².